The molecule has 0 bridgehead atoms. The Kier molecular flexibility index (Phi) is 5.68. The van der Waals surface area contributed by atoms with Crippen molar-refractivity contribution in [2.45, 2.75) is 31.3 Å². The molecule has 32 heavy (non-hydrogen) atoms. The molecule has 0 amide bonds. The van der Waals surface area contributed by atoms with Gasteiger partial charge in [-0.3, -0.25) is 4.79 Å². The Morgan fingerprint density at radius 3 is 2.44 bits per heavy atom. The standard InChI is InChI=1S/C22H19F3N2O4S/c1-12-7-21(26-20-8-15(31-13(2)28)3-4-17(12)20)22-18(24)9-16(10-19(22)25)32(29,30)27-6-5-14(23)11-27/h3-4,7-10,14H,5-6,11H2,1-2H3/t14-/m0/s1. The molecule has 1 aliphatic heterocycles. The lowest BCUT2D eigenvalue weighted by Gasteiger charge is -2.16. The number of pyridine rings is 1. The molecular formula is C22H19F3N2O4S. The van der Waals surface area contributed by atoms with Gasteiger partial charge < -0.3 is 4.74 Å². The van der Waals surface area contributed by atoms with Gasteiger partial charge in [0.05, 0.1) is 21.7 Å². The van der Waals surface area contributed by atoms with E-state index in [1.807, 2.05) is 0 Å². The van der Waals surface area contributed by atoms with Gasteiger partial charge >= 0.3 is 5.97 Å². The number of hydrogen-bond donors (Lipinski definition) is 0. The maximum absolute atomic E-state index is 15.0. The number of fused-ring (bicyclic) bond motifs is 1. The number of ether oxygens (including phenoxy) is 1. The summed E-state index contributed by atoms with van der Waals surface area (Å²) in [5.41, 5.74) is 0.483. The summed E-state index contributed by atoms with van der Waals surface area (Å²) in [4.78, 5) is 14.9. The summed E-state index contributed by atoms with van der Waals surface area (Å²) >= 11 is 0. The molecular weight excluding hydrogens is 445 g/mol. The van der Waals surface area contributed by atoms with E-state index < -0.39 is 44.3 Å². The van der Waals surface area contributed by atoms with E-state index >= 15 is 0 Å². The van der Waals surface area contributed by atoms with E-state index in [2.05, 4.69) is 4.98 Å². The van der Waals surface area contributed by atoms with E-state index in [4.69, 9.17) is 4.74 Å². The Morgan fingerprint density at radius 2 is 1.84 bits per heavy atom. The van der Waals surface area contributed by atoms with Crippen LogP contribution < -0.4 is 4.74 Å². The lowest BCUT2D eigenvalue weighted by atomic mass is 10.0. The van der Waals surface area contributed by atoms with Crippen LogP contribution in [0.25, 0.3) is 22.2 Å². The molecule has 0 radical (unpaired) electrons. The zero-order chi connectivity index (χ0) is 23.2. The number of rotatable bonds is 4. The number of sulfonamides is 1. The summed E-state index contributed by atoms with van der Waals surface area (Å²) in [5.74, 6) is -2.51. The molecule has 0 aliphatic carbocycles. The predicted octanol–water partition coefficient (Wildman–Crippen LogP) is 4.15. The second-order valence-corrected chi connectivity index (χ2v) is 9.55. The van der Waals surface area contributed by atoms with Gasteiger partial charge in [-0.2, -0.15) is 4.31 Å². The average molecular weight is 464 g/mol. The van der Waals surface area contributed by atoms with Crippen molar-refractivity contribution < 1.29 is 31.1 Å². The van der Waals surface area contributed by atoms with E-state index in [-0.39, 0.29) is 31.0 Å². The van der Waals surface area contributed by atoms with Crippen molar-refractivity contribution in [2.24, 2.45) is 0 Å². The topological polar surface area (TPSA) is 76.6 Å². The molecule has 1 aliphatic rings. The lowest BCUT2D eigenvalue weighted by Crippen LogP contribution is -2.29. The van der Waals surface area contributed by atoms with Crippen LogP contribution in [0.15, 0.2) is 41.3 Å². The first-order chi connectivity index (χ1) is 15.1. The van der Waals surface area contributed by atoms with Crippen LogP contribution >= 0.6 is 0 Å². The van der Waals surface area contributed by atoms with Gasteiger partial charge in [0.1, 0.15) is 23.6 Å². The van der Waals surface area contributed by atoms with Gasteiger partial charge in [0.2, 0.25) is 10.0 Å². The van der Waals surface area contributed by atoms with Crippen LogP contribution in [0, 0.1) is 18.6 Å². The van der Waals surface area contributed by atoms with E-state index in [1.54, 1.807) is 19.1 Å². The first kappa shape index (κ1) is 22.2. The third kappa shape index (κ3) is 4.07. The van der Waals surface area contributed by atoms with Crippen molar-refractivity contribution in [3.63, 3.8) is 0 Å². The third-order valence-corrected chi connectivity index (χ3v) is 7.10. The summed E-state index contributed by atoms with van der Waals surface area (Å²) < 4.78 is 74.6. The van der Waals surface area contributed by atoms with Gasteiger partial charge in [0.15, 0.2) is 0 Å². The van der Waals surface area contributed by atoms with Crippen LogP contribution in [-0.4, -0.2) is 42.9 Å². The van der Waals surface area contributed by atoms with Crippen LogP contribution in [0.2, 0.25) is 0 Å². The Labute approximate surface area is 182 Å². The van der Waals surface area contributed by atoms with Crippen molar-refractivity contribution in [2.75, 3.05) is 13.1 Å². The summed E-state index contributed by atoms with van der Waals surface area (Å²) in [7, 11) is -4.23. The van der Waals surface area contributed by atoms with Crippen LogP contribution in [0.4, 0.5) is 13.2 Å². The number of aryl methyl sites for hydroxylation is 1. The van der Waals surface area contributed by atoms with Gasteiger partial charge in [-0.05, 0) is 49.2 Å². The average Bonchev–Trinajstić information content (AvgIpc) is 3.14. The summed E-state index contributed by atoms with van der Waals surface area (Å²) in [6, 6.07) is 7.65. The SMILES string of the molecule is CC(=O)Oc1ccc2c(C)cc(-c3c(F)cc(S(=O)(=O)N4CC[C@H](F)C4)cc3F)nc2c1. The molecule has 2 heterocycles. The van der Waals surface area contributed by atoms with Crippen molar-refractivity contribution in [1.29, 1.82) is 0 Å². The highest BCUT2D eigenvalue weighted by Crippen LogP contribution is 2.33. The van der Waals surface area contributed by atoms with E-state index in [9.17, 15) is 26.4 Å². The largest absolute Gasteiger partial charge is 0.427 e. The molecule has 0 N–H and O–H groups in total. The van der Waals surface area contributed by atoms with Gasteiger partial charge in [-0.15, -0.1) is 0 Å². The molecule has 1 saturated heterocycles. The first-order valence-corrected chi connectivity index (χ1v) is 11.2. The minimum atomic E-state index is -4.23. The monoisotopic (exact) mass is 464 g/mol. The number of alkyl halides is 1. The van der Waals surface area contributed by atoms with Crippen LogP contribution in [-0.2, 0) is 14.8 Å². The molecule has 3 aromatic rings. The minimum Gasteiger partial charge on any atom is -0.427 e. The van der Waals surface area contributed by atoms with Gasteiger partial charge in [-0.1, -0.05) is 0 Å². The van der Waals surface area contributed by atoms with Crippen molar-refractivity contribution in [3.8, 4) is 17.0 Å². The zero-order valence-corrected chi connectivity index (χ0v) is 18.0. The quantitative estimate of drug-likeness (QED) is 0.428. The maximum Gasteiger partial charge on any atom is 0.308 e. The summed E-state index contributed by atoms with van der Waals surface area (Å²) in [6.07, 6.45) is -1.27. The molecule has 1 atom stereocenters. The Balaban J connectivity index is 1.79. The fourth-order valence-corrected chi connectivity index (χ4v) is 5.25. The molecule has 0 unspecified atom stereocenters. The highest BCUT2D eigenvalue weighted by Gasteiger charge is 2.33. The number of carbonyl (C=O) groups excluding carboxylic acids is 1. The molecule has 1 aromatic heterocycles. The number of esters is 1. The molecule has 168 valence electrons. The second kappa shape index (κ2) is 8.18. The van der Waals surface area contributed by atoms with Gasteiger partial charge in [0, 0.05) is 31.5 Å². The third-order valence-electron chi connectivity index (χ3n) is 5.25. The number of carbonyl (C=O) groups is 1. The number of aromatic nitrogens is 1. The number of benzene rings is 2. The van der Waals surface area contributed by atoms with Gasteiger partial charge in [-0.25, -0.2) is 26.6 Å². The minimum absolute atomic E-state index is 0.0396. The normalized spacial score (nSPS) is 17.1. The molecule has 0 spiro atoms. The van der Waals surface area contributed by atoms with Crippen LogP contribution in [0.5, 0.6) is 5.75 Å². The van der Waals surface area contributed by atoms with E-state index in [0.717, 1.165) is 16.4 Å². The summed E-state index contributed by atoms with van der Waals surface area (Å²) in [6.45, 7) is 2.58. The molecule has 1 fully saturated rings. The fraction of sp³-hybridized carbons (Fsp3) is 0.273. The molecule has 0 saturated carbocycles. The highest BCUT2D eigenvalue weighted by molar-refractivity contribution is 7.89. The smallest absolute Gasteiger partial charge is 0.308 e. The molecule has 10 heteroatoms. The second-order valence-electron chi connectivity index (χ2n) is 7.61. The van der Waals surface area contributed by atoms with Crippen molar-refractivity contribution in [1.82, 2.24) is 9.29 Å². The predicted molar refractivity (Wildman–Crippen MR) is 111 cm³/mol. The Bertz CT molecular complexity index is 1320. The van der Waals surface area contributed by atoms with Gasteiger partial charge in [0.25, 0.3) is 0 Å². The van der Waals surface area contributed by atoms with Crippen molar-refractivity contribution >= 4 is 26.9 Å². The number of hydrogen-bond acceptors (Lipinski definition) is 5. The lowest BCUT2D eigenvalue weighted by molar-refractivity contribution is -0.131. The zero-order valence-electron chi connectivity index (χ0n) is 17.2. The first-order valence-electron chi connectivity index (χ1n) is 9.79. The number of halogens is 3. The Hall–Kier alpha value is -2.98. The van der Waals surface area contributed by atoms with Crippen LogP contribution in [0.1, 0.15) is 18.9 Å². The number of nitrogens with zero attached hydrogens (tertiary/aromatic N) is 2. The van der Waals surface area contributed by atoms with E-state index in [0.29, 0.717) is 16.5 Å². The fourth-order valence-electron chi connectivity index (χ4n) is 3.74. The van der Waals surface area contributed by atoms with Crippen LogP contribution in [0.3, 0.4) is 0 Å². The maximum atomic E-state index is 15.0. The van der Waals surface area contributed by atoms with E-state index in [1.165, 1.54) is 19.1 Å². The molecule has 2 aromatic carbocycles. The Morgan fingerprint density at radius 1 is 1.16 bits per heavy atom. The molecule has 6 nitrogen and oxygen atoms in total. The molecule has 4 rings (SSSR count). The van der Waals surface area contributed by atoms with Crippen molar-refractivity contribution in [3.05, 3.63) is 53.6 Å². The summed E-state index contributed by atoms with van der Waals surface area (Å²) in [5, 5.41) is 0.694. The highest BCUT2D eigenvalue weighted by atomic mass is 32.2.